The first-order valence-electron chi connectivity index (χ1n) is 14.6. The molecule has 3 aromatic heterocycles. The first kappa shape index (κ1) is 32.8. The minimum Gasteiger partial charge on any atom is -0.399 e. The molecule has 43 heavy (non-hydrogen) atoms. The fourth-order valence-corrected chi connectivity index (χ4v) is 4.61. The van der Waals surface area contributed by atoms with Crippen molar-refractivity contribution in [2.75, 3.05) is 32.5 Å². The quantitative estimate of drug-likeness (QED) is 0.135. The highest BCUT2D eigenvalue weighted by Gasteiger charge is 2.17. The molecule has 0 unspecified atom stereocenters. The minimum absolute atomic E-state index is 0.293. The highest BCUT2D eigenvalue weighted by atomic mass is 19.1. The van der Waals surface area contributed by atoms with Crippen molar-refractivity contribution >= 4 is 27.9 Å². The number of nitrogens with two attached hydrogens (primary N) is 1. The molecule has 0 spiro atoms. The number of nitrogens with one attached hydrogen (secondary N) is 3. The number of likely N-dealkylation sites (N-methyl/N-ethyl adjacent to an activating group) is 1. The lowest BCUT2D eigenvalue weighted by Gasteiger charge is -2.14. The average molecular weight is 582 g/mol. The molecular weight excluding hydrogens is 537 g/mol. The van der Waals surface area contributed by atoms with E-state index >= 15 is 0 Å². The van der Waals surface area contributed by atoms with Gasteiger partial charge in [-0.25, -0.2) is 9.37 Å². The molecular formula is C35H44FN7. The second kappa shape index (κ2) is 15.5. The van der Waals surface area contributed by atoms with Gasteiger partial charge < -0.3 is 20.9 Å². The number of aromatic amines is 2. The molecule has 0 aliphatic carbocycles. The number of nitrogens with zero attached hydrogens (tertiary/aromatic N) is 3. The molecule has 4 rings (SSSR count). The van der Waals surface area contributed by atoms with Gasteiger partial charge in [-0.1, -0.05) is 44.7 Å². The van der Waals surface area contributed by atoms with Crippen LogP contribution in [0.5, 0.6) is 0 Å². The summed E-state index contributed by atoms with van der Waals surface area (Å²) < 4.78 is 14.8. The molecule has 3 heterocycles. The molecule has 1 aromatic carbocycles. The zero-order chi connectivity index (χ0) is 31.5. The van der Waals surface area contributed by atoms with E-state index in [4.69, 9.17) is 5.73 Å². The van der Waals surface area contributed by atoms with E-state index in [9.17, 15) is 4.39 Å². The van der Waals surface area contributed by atoms with Crippen LogP contribution in [0.15, 0.2) is 85.3 Å². The lowest BCUT2D eigenvalue weighted by molar-refractivity contribution is 0.425. The summed E-state index contributed by atoms with van der Waals surface area (Å²) in [4.78, 5) is 10.2. The van der Waals surface area contributed by atoms with E-state index in [1.165, 1.54) is 6.07 Å². The second-order valence-electron chi connectivity index (χ2n) is 10.1. The van der Waals surface area contributed by atoms with Gasteiger partial charge in [0.15, 0.2) is 5.65 Å². The number of allylic oxidation sites excluding steroid dienone is 7. The number of hydrogen-bond acceptors (Lipinski definition) is 5. The Kier molecular flexibility index (Phi) is 11.8. The van der Waals surface area contributed by atoms with Crippen molar-refractivity contribution in [3.8, 4) is 11.4 Å². The van der Waals surface area contributed by atoms with E-state index in [-0.39, 0.29) is 5.82 Å². The van der Waals surface area contributed by atoms with Gasteiger partial charge in [0, 0.05) is 52.9 Å². The molecule has 0 atom stereocenters. The van der Waals surface area contributed by atoms with Crippen LogP contribution in [0.25, 0.3) is 33.6 Å². The molecule has 226 valence electrons. The number of aryl methyl sites for hydroxylation is 1. The topological polar surface area (TPSA) is 98.7 Å². The molecule has 0 bridgehead atoms. The van der Waals surface area contributed by atoms with E-state index in [1.807, 2.05) is 91.2 Å². The van der Waals surface area contributed by atoms with Gasteiger partial charge in [-0.15, -0.1) is 0 Å². The number of anilines is 1. The summed E-state index contributed by atoms with van der Waals surface area (Å²) in [5.41, 5.74) is 15.0. The molecule has 0 fully saturated rings. The van der Waals surface area contributed by atoms with Crippen LogP contribution in [0.3, 0.4) is 0 Å². The molecule has 7 nitrogen and oxygen atoms in total. The van der Waals surface area contributed by atoms with Gasteiger partial charge in [0.1, 0.15) is 5.82 Å². The predicted molar refractivity (Wildman–Crippen MR) is 181 cm³/mol. The van der Waals surface area contributed by atoms with E-state index in [2.05, 4.69) is 43.0 Å². The van der Waals surface area contributed by atoms with Gasteiger partial charge in [-0.05, 0) is 94.1 Å². The summed E-state index contributed by atoms with van der Waals surface area (Å²) in [6, 6.07) is 9.21. The smallest absolute Gasteiger partial charge is 0.181 e. The maximum atomic E-state index is 14.8. The van der Waals surface area contributed by atoms with Gasteiger partial charge in [-0.3, -0.25) is 5.10 Å². The standard InChI is InChI=1S/C33H38FN7.C2H6/c1-7-10-11-28(23-14-25(34)18-27(16-23)36-12-13-41(5)6)29-19-31(38-21(29)4)32-30-17-24(20-37-33(30)40-39-32)22(8-2)15-26(35)9-3;1-2/h7-11,14-20,36,38H,3,12-13,35H2,1-2,4-6H3,(H,37,39,40);1-2H3/b10-7-,22-8+,26-15+,28-11-;. The average Bonchev–Trinajstić information content (AvgIpc) is 3.59. The molecule has 0 aliphatic rings. The maximum Gasteiger partial charge on any atom is 0.181 e. The lowest BCUT2D eigenvalue weighted by Crippen LogP contribution is -2.20. The Balaban J connectivity index is 0.00000248. The van der Waals surface area contributed by atoms with Crippen molar-refractivity contribution in [2.24, 2.45) is 5.73 Å². The van der Waals surface area contributed by atoms with Crippen LogP contribution in [-0.4, -0.2) is 52.3 Å². The van der Waals surface area contributed by atoms with Crippen molar-refractivity contribution < 1.29 is 4.39 Å². The van der Waals surface area contributed by atoms with Crippen LogP contribution in [0.2, 0.25) is 0 Å². The SMILES string of the molecule is C=C/C(N)=C\C(=C/C)c1cnc2n[nH]c(-c3cc(/C(=C\C=C/C)c4cc(F)cc(NCCN(C)C)c4)c(C)[nH]3)c2c1.CC. The largest absolute Gasteiger partial charge is 0.399 e. The summed E-state index contributed by atoms with van der Waals surface area (Å²) >= 11 is 0. The fraction of sp³-hybridized carbons (Fsp3) is 0.257. The molecule has 0 radical (unpaired) electrons. The highest BCUT2D eigenvalue weighted by molar-refractivity contribution is 5.94. The van der Waals surface area contributed by atoms with Crippen LogP contribution in [0.4, 0.5) is 10.1 Å². The van der Waals surface area contributed by atoms with Crippen molar-refractivity contribution in [3.63, 3.8) is 0 Å². The Morgan fingerprint density at radius 1 is 1.12 bits per heavy atom. The second-order valence-corrected chi connectivity index (χ2v) is 10.1. The van der Waals surface area contributed by atoms with Gasteiger partial charge in [0.2, 0.25) is 0 Å². The first-order valence-corrected chi connectivity index (χ1v) is 14.6. The molecule has 5 N–H and O–H groups in total. The maximum absolute atomic E-state index is 14.8. The zero-order valence-corrected chi connectivity index (χ0v) is 26.3. The molecule has 0 saturated heterocycles. The summed E-state index contributed by atoms with van der Waals surface area (Å²) in [5, 5.41) is 11.8. The third-order valence-electron chi connectivity index (χ3n) is 6.74. The van der Waals surface area contributed by atoms with Crippen molar-refractivity contribution in [3.05, 3.63) is 113 Å². The number of benzene rings is 1. The summed E-state index contributed by atoms with van der Waals surface area (Å²) in [6.07, 6.45) is 13.2. The van der Waals surface area contributed by atoms with Crippen molar-refractivity contribution in [2.45, 2.75) is 34.6 Å². The highest BCUT2D eigenvalue weighted by Crippen LogP contribution is 2.34. The monoisotopic (exact) mass is 581 g/mol. The van der Waals surface area contributed by atoms with Gasteiger partial charge in [-0.2, -0.15) is 5.10 Å². The van der Waals surface area contributed by atoms with Crippen LogP contribution in [0, 0.1) is 12.7 Å². The number of halogens is 1. The van der Waals surface area contributed by atoms with E-state index in [0.717, 1.165) is 62.5 Å². The van der Waals surface area contributed by atoms with Gasteiger partial charge >= 0.3 is 0 Å². The first-order chi connectivity index (χ1) is 20.7. The summed E-state index contributed by atoms with van der Waals surface area (Å²) in [7, 11) is 4.02. The van der Waals surface area contributed by atoms with Gasteiger partial charge in [0.25, 0.3) is 0 Å². The van der Waals surface area contributed by atoms with E-state index in [0.29, 0.717) is 17.9 Å². The number of fused-ring (bicyclic) bond motifs is 1. The molecule has 4 aromatic rings. The summed E-state index contributed by atoms with van der Waals surface area (Å²) in [5.74, 6) is -0.293. The number of hydrogen-bond donors (Lipinski definition) is 4. The van der Waals surface area contributed by atoms with E-state index < -0.39 is 0 Å². The number of aromatic nitrogens is 4. The minimum atomic E-state index is -0.293. The Bertz CT molecular complexity index is 1660. The molecule has 8 heteroatoms. The van der Waals surface area contributed by atoms with Gasteiger partial charge in [0.05, 0.1) is 11.4 Å². The molecule has 0 saturated carbocycles. The van der Waals surface area contributed by atoms with Crippen LogP contribution < -0.4 is 11.1 Å². The Morgan fingerprint density at radius 3 is 2.56 bits per heavy atom. The van der Waals surface area contributed by atoms with Crippen LogP contribution in [-0.2, 0) is 0 Å². The molecule has 0 aliphatic heterocycles. The Labute approximate surface area is 254 Å². The fourth-order valence-electron chi connectivity index (χ4n) is 4.61. The predicted octanol–water partition coefficient (Wildman–Crippen LogP) is 7.84. The summed E-state index contributed by atoms with van der Waals surface area (Å²) in [6.45, 7) is 15.2. The number of H-pyrrole nitrogens is 2. The molecule has 0 amide bonds. The van der Waals surface area contributed by atoms with Crippen LogP contribution >= 0.6 is 0 Å². The van der Waals surface area contributed by atoms with Crippen molar-refractivity contribution in [1.82, 2.24) is 25.1 Å². The normalized spacial score (nSPS) is 12.6. The number of rotatable bonds is 11. The van der Waals surface area contributed by atoms with Crippen molar-refractivity contribution in [1.29, 1.82) is 0 Å². The zero-order valence-electron chi connectivity index (χ0n) is 26.3. The third-order valence-corrected chi connectivity index (χ3v) is 6.74. The van der Waals surface area contributed by atoms with E-state index in [1.54, 1.807) is 18.3 Å². The Hall–Kier alpha value is -4.69. The van der Waals surface area contributed by atoms with Crippen LogP contribution in [0.1, 0.15) is 50.1 Å². The third kappa shape index (κ3) is 8.20. The Morgan fingerprint density at radius 2 is 1.88 bits per heavy atom. The number of pyridine rings is 1. The lowest BCUT2D eigenvalue weighted by atomic mass is 9.96.